The highest BCUT2D eigenvalue weighted by molar-refractivity contribution is 6.34. The van der Waals surface area contributed by atoms with E-state index >= 15 is 0 Å². The lowest BCUT2D eigenvalue weighted by molar-refractivity contribution is -0.127. The number of likely N-dealkylation sites (tertiary alicyclic amines) is 1. The molecule has 1 N–H and O–H groups in total. The summed E-state index contributed by atoms with van der Waals surface area (Å²) in [6.07, 6.45) is 2.88. The van der Waals surface area contributed by atoms with E-state index in [1.54, 1.807) is 28.0 Å². The van der Waals surface area contributed by atoms with Crippen LogP contribution in [0.25, 0.3) is 11.1 Å². The van der Waals surface area contributed by atoms with Gasteiger partial charge in [-0.1, -0.05) is 35.3 Å². The number of anilines is 1. The van der Waals surface area contributed by atoms with E-state index in [1.807, 2.05) is 18.2 Å². The second kappa shape index (κ2) is 11.1. The summed E-state index contributed by atoms with van der Waals surface area (Å²) in [5, 5.41) is 3.44. The molecule has 5 rings (SSSR count). The molecule has 0 radical (unpaired) electrons. The van der Waals surface area contributed by atoms with Crippen LogP contribution in [0.2, 0.25) is 10.0 Å². The summed E-state index contributed by atoms with van der Waals surface area (Å²) in [6, 6.07) is 14.9. The molecule has 2 heterocycles. The van der Waals surface area contributed by atoms with Crippen molar-refractivity contribution in [3.05, 3.63) is 87.2 Å². The van der Waals surface area contributed by atoms with Crippen LogP contribution in [-0.4, -0.2) is 48.8 Å². The summed E-state index contributed by atoms with van der Waals surface area (Å²) >= 11 is 12.7. The summed E-state index contributed by atoms with van der Waals surface area (Å²) < 4.78 is 14.4. The van der Waals surface area contributed by atoms with Gasteiger partial charge in [0.1, 0.15) is 5.82 Å². The molecule has 0 spiro atoms. The number of rotatable bonds is 6. The van der Waals surface area contributed by atoms with Crippen LogP contribution in [0.4, 0.5) is 10.1 Å². The molecular formula is C29H26Cl2FN3O3. The van der Waals surface area contributed by atoms with Crippen LogP contribution in [-0.2, 0) is 11.2 Å². The number of carbonyl (C=O) groups excluding carboxylic acids is 3. The van der Waals surface area contributed by atoms with E-state index in [-0.39, 0.29) is 22.4 Å². The van der Waals surface area contributed by atoms with E-state index in [0.717, 1.165) is 30.5 Å². The molecular weight excluding hydrogens is 528 g/mol. The number of hydrogen-bond donors (Lipinski definition) is 1. The first kappa shape index (κ1) is 26.2. The molecule has 2 aliphatic heterocycles. The number of nitrogens with one attached hydrogen (secondary N) is 1. The minimum Gasteiger partial charge on any atom is -0.350 e. The molecule has 1 fully saturated rings. The zero-order valence-electron chi connectivity index (χ0n) is 20.6. The van der Waals surface area contributed by atoms with Gasteiger partial charge in [-0.15, -0.1) is 0 Å². The number of fused-ring (bicyclic) bond motifs is 1. The van der Waals surface area contributed by atoms with Crippen molar-refractivity contribution in [2.75, 3.05) is 31.1 Å². The lowest BCUT2D eigenvalue weighted by Crippen LogP contribution is -2.36. The van der Waals surface area contributed by atoms with Crippen molar-refractivity contribution in [2.45, 2.75) is 25.7 Å². The Balaban J connectivity index is 1.36. The third-order valence-corrected chi connectivity index (χ3v) is 7.64. The Labute approximate surface area is 230 Å². The quantitative estimate of drug-likeness (QED) is 0.422. The van der Waals surface area contributed by atoms with Crippen LogP contribution in [0, 0.1) is 5.82 Å². The summed E-state index contributed by atoms with van der Waals surface area (Å²) in [6.45, 7) is 2.05. The Hall–Kier alpha value is -3.42. The van der Waals surface area contributed by atoms with Crippen LogP contribution in [0.1, 0.15) is 45.5 Å². The molecule has 3 aromatic carbocycles. The van der Waals surface area contributed by atoms with Gasteiger partial charge in [0.25, 0.3) is 11.8 Å². The Morgan fingerprint density at radius 3 is 2.53 bits per heavy atom. The van der Waals surface area contributed by atoms with Crippen LogP contribution in [0.3, 0.4) is 0 Å². The zero-order chi connectivity index (χ0) is 26.8. The minimum atomic E-state index is -0.653. The fourth-order valence-electron chi connectivity index (χ4n) is 5.05. The third-order valence-electron chi connectivity index (χ3n) is 7.00. The molecule has 0 bridgehead atoms. The highest BCUT2D eigenvalue weighted by Crippen LogP contribution is 2.36. The van der Waals surface area contributed by atoms with Crippen molar-refractivity contribution in [3.63, 3.8) is 0 Å². The van der Waals surface area contributed by atoms with Crippen LogP contribution in [0.15, 0.2) is 54.6 Å². The summed E-state index contributed by atoms with van der Waals surface area (Å²) in [4.78, 5) is 41.1. The number of amides is 3. The fraction of sp³-hybridized carbons (Fsp3) is 0.276. The van der Waals surface area contributed by atoms with Gasteiger partial charge in [-0.3, -0.25) is 14.4 Å². The Morgan fingerprint density at radius 1 is 0.947 bits per heavy atom. The van der Waals surface area contributed by atoms with Crippen molar-refractivity contribution < 1.29 is 18.8 Å². The Morgan fingerprint density at radius 2 is 1.76 bits per heavy atom. The second-order valence-electron chi connectivity index (χ2n) is 9.44. The maximum atomic E-state index is 14.4. The molecule has 9 heteroatoms. The second-order valence-corrected chi connectivity index (χ2v) is 10.2. The van der Waals surface area contributed by atoms with Crippen molar-refractivity contribution in [3.8, 4) is 11.1 Å². The monoisotopic (exact) mass is 553 g/mol. The third kappa shape index (κ3) is 5.26. The Bertz CT molecular complexity index is 1410. The van der Waals surface area contributed by atoms with Gasteiger partial charge in [0, 0.05) is 54.4 Å². The molecule has 0 aliphatic carbocycles. The molecule has 1 saturated heterocycles. The highest BCUT2D eigenvalue weighted by Gasteiger charge is 2.28. The standard InChI is InChI=1S/C29H26Cl2FN3O3/c30-22-10-8-20(28(37)33-12-15-34-13-3-7-26(34)36)17-21(22)18-9-11-25-19(16-18)4-2-14-35(25)29(38)27-23(31)5-1-6-24(27)32/h1,5-6,8-11,16-17H,2-4,7,12-15H2,(H,33,37). The van der Waals surface area contributed by atoms with Gasteiger partial charge in [-0.2, -0.15) is 0 Å². The molecule has 0 atom stereocenters. The molecule has 3 aromatic rings. The van der Waals surface area contributed by atoms with Gasteiger partial charge in [0.05, 0.1) is 10.6 Å². The predicted octanol–water partition coefficient (Wildman–Crippen LogP) is 5.74. The SMILES string of the molecule is O=C(NCCN1CCCC1=O)c1ccc(Cl)c(-c2ccc3c(c2)CCCN3C(=O)c2c(F)cccc2Cl)c1. The first-order valence-corrected chi connectivity index (χ1v) is 13.3. The lowest BCUT2D eigenvalue weighted by Gasteiger charge is -2.30. The smallest absolute Gasteiger partial charge is 0.262 e. The van der Waals surface area contributed by atoms with E-state index in [0.29, 0.717) is 54.3 Å². The van der Waals surface area contributed by atoms with E-state index in [2.05, 4.69) is 5.32 Å². The van der Waals surface area contributed by atoms with Gasteiger partial charge < -0.3 is 15.1 Å². The van der Waals surface area contributed by atoms with Crippen molar-refractivity contribution in [1.29, 1.82) is 0 Å². The van der Waals surface area contributed by atoms with Crippen molar-refractivity contribution in [2.24, 2.45) is 0 Å². The highest BCUT2D eigenvalue weighted by atomic mass is 35.5. The van der Waals surface area contributed by atoms with Crippen LogP contribution < -0.4 is 10.2 Å². The topological polar surface area (TPSA) is 69.7 Å². The number of hydrogen-bond acceptors (Lipinski definition) is 3. The molecule has 3 amide bonds. The normalized spacial score (nSPS) is 15.0. The fourth-order valence-corrected chi connectivity index (χ4v) is 5.52. The molecule has 2 aliphatic rings. The minimum absolute atomic E-state index is 0.0765. The number of aryl methyl sites for hydroxylation is 1. The lowest BCUT2D eigenvalue weighted by atomic mass is 9.94. The van der Waals surface area contributed by atoms with Crippen molar-refractivity contribution >= 4 is 46.6 Å². The maximum Gasteiger partial charge on any atom is 0.262 e. The maximum absolute atomic E-state index is 14.4. The Kier molecular flexibility index (Phi) is 7.68. The van der Waals surface area contributed by atoms with Gasteiger partial charge in [-0.25, -0.2) is 4.39 Å². The molecule has 6 nitrogen and oxygen atoms in total. The molecule has 38 heavy (non-hydrogen) atoms. The van der Waals surface area contributed by atoms with E-state index in [1.165, 1.54) is 18.2 Å². The largest absolute Gasteiger partial charge is 0.350 e. The van der Waals surface area contributed by atoms with Crippen molar-refractivity contribution in [1.82, 2.24) is 10.2 Å². The summed E-state index contributed by atoms with van der Waals surface area (Å²) in [5.41, 5.74) is 3.45. The number of halogens is 3. The number of benzene rings is 3. The van der Waals surface area contributed by atoms with E-state index < -0.39 is 11.7 Å². The average molecular weight is 554 g/mol. The predicted molar refractivity (Wildman–Crippen MR) is 146 cm³/mol. The number of carbonyl (C=O) groups is 3. The number of nitrogens with zero attached hydrogens (tertiary/aromatic N) is 2. The van der Waals surface area contributed by atoms with E-state index in [4.69, 9.17) is 23.2 Å². The first-order valence-electron chi connectivity index (χ1n) is 12.6. The van der Waals surface area contributed by atoms with E-state index in [9.17, 15) is 18.8 Å². The molecule has 0 saturated carbocycles. The molecule has 196 valence electrons. The van der Waals surface area contributed by atoms with Gasteiger partial charge in [-0.05, 0) is 72.9 Å². The van der Waals surface area contributed by atoms with Gasteiger partial charge in [0.15, 0.2) is 0 Å². The molecule has 0 aromatic heterocycles. The summed E-state index contributed by atoms with van der Waals surface area (Å²) in [5.74, 6) is -1.25. The average Bonchev–Trinajstić information content (AvgIpc) is 3.32. The van der Waals surface area contributed by atoms with Gasteiger partial charge >= 0.3 is 0 Å². The van der Waals surface area contributed by atoms with Crippen LogP contribution >= 0.6 is 23.2 Å². The first-order chi connectivity index (χ1) is 18.3. The van der Waals surface area contributed by atoms with Crippen LogP contribution in [0.5, 0.6) is 0 Å². The zero-order valence-corrected chi connectivity index (χ0v) is 22.1. The van der Waals surface area contributed by atoms with Gasteiger partial charge in [0.2, 0.25) is 5.91 Å². The molecule has 0 unspecified atom stereocenters. The summed E-state index contributed by atoms with van der Waals surface area (Å²) in [7, 11) is 0.